The number of hydrogen-bond donors (Lipinski definition) is 0. The van der Waals surface area contributed by atoms with Crippen LogP contribution in [0, 0.1) is 31.5 Å². The van der Waals surface area contributed by atoms with E-state index in [4.69, 9.17) is 0 Å². The lowest BCUT2D eigenvalue weighted by Gasteiger charge is -2.22. The zero-order valence-electron chi connectivity index (χ0n) is 16.2. The van der Waals surface area contributed by atoms with Crippen molar-refractivity contribution in [2.45, 2.75) is 18.7 Å². The molecule has 2 aliphatic heterocycles. The summed E-state index contributed by atoms with van der Waals surface area (Å²) in [6.45, 7) is 5.92. The van der Waals surface area contributed by atoms with Crippen LogP contribution < -0.4 is 4.90 Å². The summed E-state index contributed by atoms with van der Waals surface area (Å²) >= 11 is 0. The van der Waals surface area contributed by atoms with Crippen LogP contribution in [0.2, 0.25) is 0 Å². The molecule has 29 heavy (non-hydrogen) atoms. The van der Waals surface area contributed by atoms with Gasteiger partial charge < -0.3 is 4.90 Å². The van der Waals surface area contributed by atoms with Gasteiger partial charge in [0.25, 0.3) is 0 Å². The van der Waals surface area contributed by atoms with E-state index in [1.54, 1.807) is 15.7 Å². The van der Waals surface area contributed by atoms with Gasteiger partial charge in [0.15, 0.2) is 11.5 Å². The summed E-state index contributed by atoms with van der Waals surface area (Å²) in [5, 5.41) is 12.7. The summed E-state index contributed by atoms with van der Waals surface area (Å²) in [6.07, 6.45) is 0. The summed E-state index contributed by atoms with van der Waals surface area (Å²) in [5.74, 6) is 1.63. The van der Waals surface area contributed by atoms with Crippen LogP contribution in [0.1, 0.15) is 11.4 Å². The van der Waals surface area contributed by atoms with E-state index in [2.05, 4.69) is 20.2 Å². The van der Waals surface area contributed by atoms with Crippen molar-refractivity contribution in [2.24, 2.45) is 11.8 Å². The van der Waals surface area contributed by atoms with Crippen molar-refractivity contribution in [3.63, 3.8) is 0 Å². The first-order valence-corrected chi connectivity index (χ1v) is 11.0. The van der Waals surface area contributed by atoms with Crippen LogP contribution in [0.5, 0.6) is 0 Å². The number of benzene rings is 1. The van der Waals surface area contributed by atoms with E-state index in [1.165, 1.54) is 18.2 Å². The first-order valence-electron chi connectivity index (χ1n) is 9.53. The summed E-state index contributed by atoms with van der Waals surface area (Å²) in [5.41, 5.74) is 1.14. The van der Waals surface area contributed by atoms with Crippen LogP contribution in [0.15, 0.2) is 35.2 Å². The minimum Gasteiger partial charge on any atom is -0.355 e. The maximum absolute atomic E-state index is 13.4. The highest BCUT2D eigenvalue weighted by atomic mass is 32.2. The van der Waals surface area contributed by atoms with Crippen LogP contribution in [-0.4, -0.2) is 58.7 Å². The molecule has 152 valence electrons. The normalized spacial score (nSPS) is 22.5. The maximum Gasteiger partial charge on any atom is 0.243 e. The Morgan fingerprint density at radius 2 is 1.72 bits per heavy atom. The fraction of sp³-hybridized carbons (Fsp3) is 0.421. The summed E-state index contributed by atoms with van der Waals surface area (Å²) in [4.78, 5) is 2.38. The lowest BCUT2D eigenvalue weighted by atomic mass is 10.0. The first-order chi connectivity index (χ1) is 13.8. The molecule has 10 heteroatoms. The standard InChI is InChI=1S/C19H21FN6O2S/c1-12-7-16(20)3-4-17(12)29(27,28)25-10-14-8-24(9-15(14)11-25)19-6-5-18-22-21-13(2)26(18)23-19/h3-7,14-15H,8-11H2,1-2H3. The zero-order chi connectivity index (χ0) is 20.3. The molecular weight excluding hydrogens is 395 g/mol. The van der Waals surface area contributed by atoms with Gasteiger partial charge in [0.2, 0.25) is 10.0 Å². The number of anilines is 1. The predicted molar refractivity (Wildman–Crippen MR) is 105 cm³/mol. The minimum atomic E-state index is -3.63. The van der Waals surface area contributed by atoms with Crippen LogP contribution in [0.25, 0.3) is 5.65 Å². The van der Waals surface area contributed by atoms with Gasteiger partial charge in [0.1, 0.15) is 11.6 Å². The molecule has 0 spiro atoms. The van der Waals surface area contributed by atoms with E-state index >= 15 is 0 Å². The van der Waals surface area contributed by atoms with Crippen LogP contribution in [-0.2, 0) is 10.0 Å². The van der Waals surface area contributed by atoms with Crippen molar-refractivity contribution in [2.75, 3.05) is 31.1 Å². The number of hydrogen-bond acceptors (Lipinski definition) is 6. The molecular formula is C19H21FN6O2S. The van der Waals surface area contributed by atoms with E-state index in [0.717, 1.165) is 24.7 Å². The Morgan fingerprint density at radius 1 is 1.00 bits per heavy atom. The lowest BCUT2D eigenvalue weighted by molar-refractivity contribution is 0.452. The zero-order valence-corrected chi connectivity index (χ0v) is 17.0. The molecule has 2 saturated heterocycles. The maximum atomic E-state index is 13.4. The molecule has 0 aliphatic carbocycles. The molecule has 2 unspecified atom stereocenters. The van der Waals surface area contributed by atoms with Crippen molar-refractivity contribution < 1.29 is 12.8 Å². The van der Waals surface area contributed by atoms with Crippen LogP contribution in [0.3, 0.4) is 0 Å². The van der Waals surface area contributed by atoms with Crippen molar-refractivity contribution in [1.29, 1.82) is 0 Å². The number of sulfonamides is 1. The third-order valence-electron chi connectivity index (χ3n) is 5.94. The number of aryl methyl sites for hydroxylation is 2. The van der Waals surface area contributed by atoms with E-state index in [1.807, 2.05) is 19.1 Å². The Balaban J connectivity index is 1.34. The molecule has 5 rings (SSSR count). The number of nitrogens with zero attached hydrogens (tertiary/aromatic N) is 6. The average molecular weight is 416 g/mol. The smallest absolute Gasteiger partial charge is 0.243 e. The minimum absolute atomic E-state index is 0.186. The molecule has 0 bridgehead atoms. The van der Waals surface area contributed by atoms with Gasteiger partial charge in [-0.3, -0.25) is 0 Å². The predicted octanol–water partition coefficient (Wildman–Crippen LogP) is 1.64. The second-order valence-electron chi connectivity index (χ2n) is 7.87. The van der Waals surface area contributed by atoms with Gasteiger partial charge in [-0.25, -0.2) is 12.8 Å². The Morgan fingerprint density at radius 3 is 2.41 bits per heavy atom. The number of halogens is 1. The van der Waals surface area contributed by atoms with Crippen molar-refractivity contribution in [3.8, 4) is 0 Å². The van der Waals surface area contributed by atoms with Gasteiger partial charge in [-0.05, 0) is 61.6 Å². The van der Waals surface area contributed by atoms with Gasteiger partial charge in [0, 0.05) is 26.2 Å². The Hall–Kier alpha value is -2.59. The molecule has 2 aromatic heterocycles. The van der Waals surface area contributed by atoms with Gasteiger partial charge >= 0.3 is 0 Å². The van der Waals surface area contributed by atoms with E-state index in [9.17, 15) is 12.8 Å². The van der Waals surface area contributed by atoms with Crippen LogP contribution in [0.4, 0.5) is 10.2 Å². The second-order valence-corrected chi connectivity index (χ2v) is 9.77. The Labute approximate surface area is 168 Å². The highest BCUT2D eigenvalue weighted by Crippen LogP contribution is 2.36. The van der Waals surface area contributed by atoms with Crippen LogP contribution >= 0.6 is 0 Å². The summed E-state index contributed by atoms with van der Waals surface area (Å²) in [6, 6.07) is 7.65. The third kappa shape index (κ3) is 2.98. The Bertz CT molecular complexity index is 1200. The van der Waals surface area contributed by atoms with Gasteiger partial charge in [-0.2, -0.15) is 8.82 Å². The SMILES string of the molecule is Cc1cc(F)ccc1S(=O)(=O)N1CC2CN(c3ccc4nnc(C)n4n3)CC2C1. The topological polar surface area (TPSA) is 83.7 Å². The highest BCUT2D eigenvalue weighted by Gasteiger charge is 2.45. The Kier molecular flexibility index (Phi) is 4.11. The molecule has 0 N–H and O–H groups in total. The van der Waals surface area contributed by atoms with Crippen molar-refractivity contribution in [3.05, 3.63) is 47.5 Å². The largest absolute Gasteiger partial charge is 0.355 e. The molecule has 8 nitrogen and oxygen atoms in total. The van der Waals surface area contributed by atoms with Gasteiger partial charge in [-0.1, -0.05) is 0 Å². The monoisotopic (exact) mass is 416 g/mol. The van der Waals surface area contributed by atoms with E-state index in [-0.39, 0.29) is 16.7 Å². The van der Waals surface area contributed by atoms with Gasteiger partial charge in [-0.15, -0.1) is 15.3 Å². The first kappa shape index (κ1) is 18.4. The van der Waals surface area contributed by atoms with Crippen molar-refractivity contribution >= 4 is 21.5 Å². The number of rotatable bonds is 3. The molecule has 2 fully saturated rings. The summed E-state index contributed by atoms with van der Waals surface area (Å²) < 4.78 is 42.8. The number of aromatic nitrogens is 4. The molecule has 0 amide bonds. The fourth-order valence-electron chi connectivity index (χ4n) is 4.43. The quantitative estimate of drug-likeness (QED) is 0.646. The molecule has 2 atom stereocenters. The average Bonchev–Trinajstić information content (AvgIpc) is 3.34. The van der Waals surface area contributed by atoms with Gasteiger partial charge in [0.05, 0.1) is 4.90 Å². The molecule has 3 aromatic rings. The molecule has 4 heterocycles. The molecule has 0 radical (unpaired) electrons. The number of fused-ring (bicyclic) bond motifs is 2. The molecule has 0 saturated carbocycles. The highest BCUT2D eigenvalue weighted by molar-refractivity contribution is 7.89. The summed E-state index contributed by atoms with van der Waals surface area (Å²) in [7, 11) is -3.63. The molecule has 2 aliphatic rings. The molecule has 1 aromatic carbocycles. The van der Waals surface area contributed by atoms with E-state index < -0.39 is 15.8 Å². The van der Waals surface area contributed by atoms with E-state index in [0.29, 0.717) is 24.3 Å². The lowest BCUT2D eigenvalue weighted by Crippen LogP contribution is -2.34. The fourth-order valence-corrected chi connectivity index (χ4v) is 6.19. The van der Waals surface area contributed by atoms with Crippen molar-refractivity contribution in [1.82, 2.24) is 24.1 Å². The second kappa shape index (κ2) is 6.46. The third-order valence-corrected chi connectivity index (χ3v) is 7.93.